The Labute approximate surface area is 167 Å². The minimum absolute atomic E-state index is 0.0694. The first-order valence-electron chi connectivity index (χ1n) is 8.33. The fourth-order valence-corrected chi connectivity index (χ4v) is 3.40. The first kappa shape index (κ1) is 18.5. The van der Waals surface area contributed by atoms with Crippen LogP contribution in [0.5, 0.6) is 0 Å². The van der Waals surface area contributed by atoms with Crippen molar-refractivity contribution in [2.75, 3.05) is 0 Å². The number of hydrogen-bond donors (Lipinski definition) is 1. The summed E-state index contributed by atoms with van der Waals surface area (Å²) in [6, 6.07) is 16.4. The van der Waals surface area contributed by atoms with Crippen LogP contribution in [-0.4, -0.2) is 21.0 Å². The molecule has 0 bridgehead atoms. The van der Waals surface area contributed by atoms with Gasteiger partial charge in [-0.15, -0.1) is 0 Å². The first-order chi connectivity index (χ1) is 14.0. The topological polar surface area (TPSA) is 120 Å². The first-order valence-corrected chi connectivity index (χ1v) is 9.15. The monoisotopic (exact) mass is 408 g/mol. The van der Waals surface area contributed by atoms with Crippen LogP contribution in [0.3, 0.4) is 0 Å². The predicted octanol–water partition coefficient (Wildman–Crippen LogP) is 5.21. The van der Waals surface area contributed by atoms with E-state index in [0.717, 1.165) is 11.8 Å². The molecule has 2 heterocycles. The van der Waals surface area contributed by atoms with E-state index in [1.54, 1.807) is 54.6 Å². The van der Waals surface area contributed by atoms with E-state index in [-0.39, 0.29) is 27.3 Å². The van der Waals surface area contributed by atoms with Crippen LogP contribution in [0.4, 0.5) is 5.69 Å². The number of carboxylic acid groups (broad SMARTS) is 1. The van der Waals surface area contributed by atoms with Gasteiger partial charge in [-0.05, 0) is 42.1 Å². The van der Waals surface area contributed by atoms with Crippen molar-refractivity contribution < 1.29 is 23.7 Å². The van der Waals surface area contributed by atoms with E-state index in [1.807, 2.05) is 0 Å². The zero-order valence-corrected chi connectivity index (χ0v) is 15.5. The number of furan rings is 1. The van der Waals surface area contributed by atoms with Gasteiger partial charge in [0, 0.05) is 12.1 Å². The standard InChI is InChI=1S/C20H12N2O6S/c23-19(24)18(29-20-21-14-6-2-4-8-17(14)28-20)11-12-9-10-16(27-12)13-5-1-3-7-15(13)22(25)26/h1-11H,(H,23,24)/b18-11+. The molecule has 0 aliphatic heterocycles. The van der Waals surface area contributed by atoms with Gasteiger partial charge in [0.15, 0.2) is 5.58 Å². The molecule has 2 aromatic carbocycles. The van der Waals surface area contributed by atoms with Gasteiger partial charge in [-0.3, -0.25) is 10.1 Å². The molecule has 2 aromatic heterocycles. The summed E-state index contributed by atoms with van der Waals surface area (Å²) in [5.41, 5.74) is 1.38. The van der Waals surface area contributed by atoms with Crippen LogP contribution >= 0.6 is 11.8 Å². The summed E-state index contributed by atoms with van der Waals surface area (Å²) in [4.78, 5) is 26.5. The van der Waals surface area contributed by atoms with Gasteiger partial charge in [0.2, 0.25) is 0 Å². The van der Waals surface area contributed by atoms with E-state index in [1.165, 1.54) is 12.1 Å². The Hall–Kier alpha value is -3.85. The molecule has 0 aliphatic rings. The molecule has 1 N–H and O–H groups in total. The average Bonchev–Trinajstić information content (AvgIpc) is 3.33. The highest BCUT2D eigenvalue weighted by Gasteiger charge is 2.19. The highest BCUT2D eigenvalue weighted by molar-refractivity contribution is 8.03. The lowest BCUT2D eigenvalue weighted by Crippen LogP contribution is -1.96. The molecule has 9 heteroatoms. The molecule has 0 saturated carbocycles. The van der Waals surface area contributed by atoms with Gasteiger partial charge >= 0.3 is 5.97 Å². The van der Waals surface area contributed by atoms with Crippen molar-refractivity contribution in [1.82, 2.24) is 4.98 Å². The molecular formula is C20H12N2O6S. The number of para-hydroxylation sites is 3. The molecule has 0 saturated heterocycles. The second-order valence-corrected chi connectivity index (χ2v) is 6.83. The maximum absolute atomic E-state index is 11.7. The fourth-order valence-electron chi connectivity index (χ4n) is 2.67. The summed E-state index contributed by atoms with van der Waals surface area (Å²) < 4.78 is 11.2. The number of thioether (sulfide) groups is 1. The lowest BCUT2D eigenvalue weighted by atomic mass is 10.1. The number of nitro benzene ring substituents is 1. The summed E-state index contributed by atoms with van der Waals surface area (Å²) in [5, 5.41) is 20.9. The number of oxazole rings is 1. The third-order valence-electron chi connectivity index (χ3n) is 3.95. The molecule has 4 aromatic rings. The van der Waals surface area contributed by atoms with E-state index in [9.17, 15) is 20.0 Å². The molecule has 0 amide bonds. The molecule has 0 aliphatic carbocycles. The van der Waals surface area contributed by atoms with Crippen molar-refractivity contribution in [3.05, 3.63) is 81.4 Å². The number of aromatic nitrogens is 1. The van der Waals surface area contributed by atoms with Gasteiger partial charge in [0.05, 0.1) is 10.5 Å². The second kappa shape index (κ2) is 7.64. The molecular weight excluding hydrogens is 396 g/mol. The molecule has 0 atom stereocenters. The Kier molecular flexibility index (Phi) is 4.88. The van der Waals surface area contributed by atoms with Crippen LogP contribution in [0, 0.1) is 10.1 Å². The molecule has 4 rings (SSSR count). The number of aliphatic carboxylic acids is 1. The Morgan fingerprint density at radius 2 is 1.83 bits per heavy atom. The number of rotatable bonds is 6. The van der Waals surface area contributed by atoms with Gasteiger partial charge in [-0.1, -0.05) is 24.3 Å². The van der Waals surface area contributed by atoms with Crippen LogP contribution in [0.25, 0.3) is 28.5 Å². The van der Waals surface area contributed by atoms with Crippen molar-refractivity contribution in [2.45, 2.75) is 5.22 Å². The predicted molar refractivity (Wildman–Crippen MR) is 106 cm³/mol. The summed E-state index contributed by atoms with van der Waals surface area (Å²) >= 11 is 0.846. The third-order valence-corrected chi connectivity index (χ3v) is 4.81. The maximum Gasteiger partial charge on any atom is 0.342 e. The summed E-state index contributed by atoms with van der Waals surface area (Å²) in [6.45, 7) is 0. The normalized spacial score (nSPS) is 11.7. The van der Waals surface area contributed by atoms with E-state index >= 15 is 0 Å². The number of benzene rings is 2. The molecule has 0 radical (unpaired) electrons. The molecule has 144 valence electrons. The Morgan fingerprint density at radius 1 is 1.07 bits per heavy atom. The van der Waals surface area contributed by atoms with Gasteiger partial charge in [0.25, 0.3) is 10.9 Å². The van der Waals surface area contributed by atoms with E-state index in [4.69, 9.17) is 8.83 Å². The van der Waals surface area contributed by atoms with Crippen molar-refractivity contribution in [2.24, 2.45) is 0 Å². The van der Waals surface area contributed by atoms with Crippen LogP contribution in [-0.2, 0) is 4.79 Å². The molecule has 29 heavy (non-hydrogen) atoms. The quantitative estimate of drug-likeness (QED) is 0.200. The van der Waals surface area contributed by atoms with E-state index in [0.29, 0.717) is 16.7 Å². The Balaban J connectivity index is 1.65. The number of nitro groups is 1. The minimum atomic E-state index is -1.18. The third kappa shape index (κ3) is 3.90. The largest absolute Gasteiger partial charge is 0.477 e. The van der Waals surface area contributed by atoms with Crippen molar-refractivity contribution in [3.8, 4) is 11.3 Å². The van der Waals surface area contributed by atoms with Crippen LogP contribution in [0.1, 0.15) is 5.76 Å². The van der Waals surface area contributed by atoms with E-state index < -0.39 is 10.9 Å². The highest BCUT2D eigenvalue weighted by Crippen LogP contribution is 2.34. The second-order valence-electron chi connectivity index (χ2n) is 5.84. The van der Waals surface area contributed by atoms with Crippen molar-refractivity contribution >= 4 is 40.6 Å². The van der Waals surface area contributed by atoms with Gasteiger partial charge in [-0.2, -0.15) is 0 Å². The number of hydrogen-bond acceptors (Lipinski definition) is 7. The lowest BCUT2D eigenvalue weighted by molar-refractivity contribution is -0.384. The number of fused-ring (bicyclic) bond motifs is 1. The van der Waals surface area contributed by atoms with Crippen molar-refractivity contribution in [3.63, 3.8) is 0 Å². The van der Waals surface area contributed by atoms with Gasteiger partial charge in [0.1, 0.15) is 21.9 Å². The van der Waals surface area contributed by atoms with Crippen LogP contribution in [0.15, 0.2) is 79.6 Å². The van der Waals surface area contributed by atoms with Crippen LogP contribution < -0.4 is 0 Å². The fraction of sp³-hybridized carbons (Fsp3) is 0. The zero-order chi connectivity index (χ0) is 20.4. The Morgan fingerprint density at radius 3 is 2.59 bits per heavy atom. The Bertz CT molecular complexity index is 1220. The number of nitrogens with zero attached hydrogens (tertiary/aromatic N) is 2. The molecule has 0 fully saturated rings. The highest BCUT2D eigenvalue weighted by atomic mass is 32.2. The van der Waals surface area contributed by atoms with Gasteiger partial charge < -0.3 is 13.9 Å². The van der Waals surface area contributed by atoms with Crippen molar-refractivity contribution in [1.29, 1.82) is 0 Å². The SMILES string of the molecule is O=C(O)/C(=C\c1ccc(-c2ccccc2[N+](=O)[O-])o1)Sc1nc2ccccc2o1. The number of carbonyl (C=O) groups is 1. The summed E-state index contributed by atoms with van der Waals surface area (Å²) in [7, 11) is 0. The smallest absolute Gasteiger partial charge is 0.342 e. The number of carboxylic acids is 1. The summed E-state index contributed by atoms with van der Waals surface area (Å²) in [6.07, 6.45) is 1.32. The average molecular weight is 408 g/mol. The minimum Gasteiger partial charge on any atom is -0.477 e. The molecule has 0 spiro atoms. The van der Waals surface area contributed by atoms with E-state index in [2.05, 4.69) is 4.98 Å². The lowest BCUT2D eigenvalue weighted by Gasteiger charge is -1.99. The zero-order valence-electron chi connectivity index (χ0n) is 14.6. The molecule has 8 nitrogen and oxygen atoms in total. The molecule has 0 unspecified atom stereocenters. The maximum atomic E-state index is 11.7. The van der Waals surface area contributed by atoms with Gasteiger partial charge in [-0.25, -0.2) is 9.78 Å². The van der Waals surface area contributed by atoms with Crippen LogP contribution in [0.2, 0.25) is 0 Å². The summed E-state index contributed by atoms with van der Waals surface area (Å²) in [5.74, 6) is -0.680.